The van der Waals surface area contributed by atoms with Crippen LogP contribution in [0, 0.1) is 17.2 Å². The Balaban J connectivity index is 2.39. The van der Waals surface area contributed by atoms with Gasteiger partial charge in [0.05, 0.1) is 5.84 Å². The fourth-order valence-electron chi connectivity index (χ4n) is 1.61. The third-order valence-corrected chi connectivity index (χ3v) is 2.67. The first kappa shape index (κ1) is 9.56. The van der Waals surface area contributed by atoms with Gasteiger partial charge in [-0.15, -0.1) is 0 Å². The lowest BCUT2D eigenvalue weighted by Crippen LogP contribution is -2.39. The van der Waals surface area contributed by atoms with Crippen molar-refractivity contribution < 1.29 is 0 Å². The molecule has 0 amide bonds. The summed E-state index contributed by atoms with van der Waals surface area (Å²) in [5, 5.41) is 7.83. The molecule has 2 heteroatoms. The SMILES string of the molecule is CC1CCN(C(=N)C(C)C)CC1. The van der Waals surface area contributed by atoms with E-state index in [2.05, 4.69) is 25.7 Å². The molecule has 0 aliphatic carbocycles. The van der Waals surface area contributed by atoms with Crippen LogP contribution in [-0.2, 0) is 0 Å². The Morgan fingerprint density at radius 3 is 2.25 bits per heavy atom. The molecule has 0 aromatic carbocycles. The van der Waals surface area contributed by atoms with E-state index < -0.39 is 0 Å². The molecule has 1 N–H and O–H groups in total. The van der Waals surface area contributed by atoms with Crippen molar-refractivity contribution in [1.29, 1.82) is 5.41 Å². The van der Waals surface area contributed by atoms with Gasteiger partial charge in [-0.1, -0.05) is 20.8 Å². The van der Waals surface area contributed by atoms with Gasteiger partial charge in [-0.05, 0) is 18.8 Å². The minimum Gasteiger partial charge on any atom is -0.360 e. The van der Waals surface area contributed by atoms with Crippen molar-refractivity contribution in [3.8, 4) is 0 Å². The highest BCUT2D eigenvalue weighted by molar-refractivity contribution is 5.81. The third kappa shape index (κ3) is 2.23. The largest absolute Gasteiger partial charge is 0.360 e. The smallest absolute Gasteiger partial charge is 0.0983 e. The molecule has 1 heterocycles. The molecule has 1 aliphatic rings. The number of nitrogens with zero attached hydrogens (tertiary/aromatic N) is 1. The summed E-state index contributed by atoms with van der Waals surface area (Å²) in [5.74, 6) is 2.07. The number of amidine groups is 1. The summed E-state index contributed by atoms with van der Waals surface area (Å²) in [7, 11) is 0. The summed E-state index contributed by atoms with van der Waals surface area (Å²) in [4.78, 5) is 2.23. The number of likely N-dealkylation sites (tertiary alicyclic amines) is 1. The van der Waals surface area contributed by atoms with Crippen LogP contribution in [0.1, 0.15) is 33.6 Å². The average molecular weight is 168 g/mol. The van der Waals surface area contributed by atoms with Crippen LogP contribution in [0.25, 0.3) is 0 Å². The maximum atomic E-state index is 7.83. The summed E-state index contributed by atoms with van der Waals surface area (Å²) in [5.41, 5.74) is 0. The zero-order chi connectivity index (χ0) is 9.14. The summed E-state index contributed by atoms with van der Waals surface area (Å²) >= 11 is 0. The molecule has 0 unspecified atom stereocenters. The van der Waals surface area contributed by atoms with E-state index >= 15 is 0 Å². The van der Waals surface area contributed by atoms with E-state index in [1.165, 1.54) is 12.8 Å². The van der Waals surface area contributed by atoms with Gasteiger partial charge in [0.1, 0.15) is 0 Å². The van der Waals surface area contributed by atoms with Crippen LogP contribution in [0.15, 0.2) is 0 Å². The first-order chi connectivity index (χ1) is 5.61. The molecule has 0 spiro atoms. The van der Waals surface area contributed by atoms with Crippen LogP contribution >= 0.6 is 0 Å². The fraction of sp³-hybridized carbons (Fsp3) is 0.900. The predicted octanol–water partition coefficient (Wildman–Crippen LogP) is 2.35. The van der Waals surface area contributed by atoms with E-state index in [0.29, 0.717) is 5.92 Å². The van der Waals surface area contributed by atoms with Crippen molar-refractivity contribution in [1.82, 2.24) is 4.90 Å². The second-order valence-electron chi connectivity index (χ2n) is 4.21. The van der Waals surface area contributed by atoms with E-state index in [4.69, 9.17) is 5.41 Å². The minimum atomic E-state index is 0.387. The highest BCUT2D eigenvalue weighted by Gasteiger charge is 2.18. The lowest BCUT2D eigenvalue weighted by atomic mass is 9.98. The molecule has 0 bridgehead atoms. The molecule has 1 aliphatic heterocycles. The molecule has 0 aromatic rings. The van der Waals surface area contributed by atoms with Crippen molar-refractivity contribution in [2.45, 2.75) is 33.6 Å². The molecular weight excluding hydrogens is 148 g/mol. The molecule has 0 saturated carbocycles. The van der Waals surface area contributed by atoms with Gasteiger partial charge in [0.2, 0.25) is 0 Å². The highest BCUT2D eigenvalue weighted by atomic mass is 15.2. The summed E-state index contributed by atoms with van der Waals surface area (Å²) < 4.78 is 0. The first-order valence-corrected chi connectivity index (χ1v) is 4.94. The number of piperidine rings is 1. The van der Waals surface area contributed by atoms with E-state index in [1.54, 1.807) is 0 Å². The van der Waals surface area contributed by atoms with E-state index in [9.17, 15) is 0 Å². The van der Waals surface area contributed by atoms with Gasteiger partial charge in [0.25, 0.3) is 0 Å². The van der Waals surface area contributed by atoms with Gasteiger partial charge >= 0.3 is 0 Å². The molecule has 1 rings (SSSR count). The van der Waals surface area contributed by atoms with E-state index in [1.807, 2.05) is 0 Å². The highest BCUT2D eigenvalue weighted by Crippen LogP contribution is 2.17. The Morgan fingerprint density at radius 2 is 1.83 bits per heavy atom. The Morgan fingerprint density at radius 1 is 1.33 bits per heavy atom. The van der Waals surface area contributed by atoms with E-state index in [0.717, 1.165) is 24.8 Å². The third-order valence-electron chi connectivity index (χ3n) is 2.67. The van der Waals surface area contributed by atoms with Gasteiger partial charge < -0.3 is 4.90 Å². The maximum absolute atomic E-state index is 7.83. The summed E-state index contributed by atoms with van der Waals surface area (Å²) in [6, 6.07) is 0. The second kappa shape index (κ2) is 3.92. The van der Waals surface area contributed by atoms with Crippen molar-refractivity contribution in [2.75, 3.05) is 13.1 Å². The normalized spacial score (nSPS) is 20.2. The quantitative estimate of drug-likeness (QED) is 0.472. The predicted molar refractivity (Wildman–Crippen MR) is 52.5 cm³/mol. The average Bonchev–Trinajstić information content (AvgIpc) is 2.04. The van der Waals surface area contributed by atoms with Crippen molar-refractivity contribution in [3.63, 3.8) is 0 Å². The second-order valence-corrected chi connectivity index (χ2v) is 4.21. The van der Waals surface area contributed by atoms with Crippen molar-refractivity contribution in [3.05, 3.63) is 0 Å². The Labute approximate surface area is 75.5 Å². The van der Waals surface area contributed by atoms with Gasteiger partial charge in [-0.2, -0.15) is 0 Å². The minimum absolute atomic E-state index is 0.387. The molecule has 12 heavy (non-hydrogen) atoms. The van der Waals surface area contributed by atoms with Crippen molar-refractivity contribution >= 4 is 5.84 Å². The van der Waals surface area contributed by atoms with Crippen LogP contribution in [0.4, 0.5) is 0 Å². The Bertz CT molecular complexity index is 155. The number of hydrogen-bond donors (Lipinski definition) is 1. The molecular formula is C10H20N2. The summed E-state index contributed by atoms with van der Waals surface area (Å²) in [6.07, 6.45) is 2.52. The van der Waals surface area contributed by atoms with Crippen LogP contribution in [0.3, 0.4) is 0 Å². The molecule has 70 valence electrons. The summed E-state index contributed by atoms with van der Waals surface area (Å²) in [6.45, 7) is 8.69. The first-order valence-electron chi connectivity index (χ1n) is 4.94. The molecule has 1 fully saturated rings. The van der Waals surface area contributed by atoms with Crippen LogP contribution in [0.5, 0.6) is 0 Å². The van der Waals surface area contributed by atoms with Crippen LogP contribution in [-0.4, -0.2) is 23.8 Å². The zero-order valence-corrected chi connectivity index (χ0v) is 8.43. The fourth-order valence-corrected chi connectivity index (χ4v) is 1.61. The molecule has 0 radical (unpaired) electrons. The molecule has 1 saturated heterocycles. The van der Waals surface area contributed by atoms with Crippen LogP contribution in [0.2, 0.25) is 0 Å². The van der Waals surface area contributed by atoms with Gasteiger partial charge in [0.15, 0.2) is 0 Å². The molecule has 2 nitrogen and oxygen atoms in total. The number of hydrogen-bond acceptors (Lipinski definition) is 1. The number of nitrogens with one attached hydrogen (secondary N) is 1. The standard InChI is InChI=1S/C10H20N2/c1-8(2)10(11)12-6-4-9(3)5-7-12/h8-9,11H,4-7H2,1-3H3. The Hall–Kier alpha value is -0.530. The van der Waals surface area contributed by atoms with Gasteiger partial charge in [-0.25, -0.2) is 0 Å². The van der Waals surface area contributed by atoms with E-state index in [-0.39, 0.29) is 0 Å². The topological polar surface area (TPSA) is 27.1 Å². The monoisotopic (exact) mass is 168 g/mol. The molecule has 0 aromatic heterocycles. The van der Waals surface area contributed by atoms with Gasteiger partial charge in [-0.3, -0.25) is 5.41 Å². The van der Waals surface area contributed by atoms with Gasteiger partial charge in [0, 0.05) is 19.0 Å². The lowest BCUT2D eigenvalue weighted by molar-refractivity contribution is 0.271. The van der Waals surface area contributed by atoms with Crippen molar-refractivity contribution in [2.24, 2.45) is 11.8 Å². The zero-order valence-electron chi connectivity index (χ0n) is 8.43. The number of rotatable bonds is 1. The van der Waals surface area contributed by atoms with Crippen LogP contribution < -0.4 is 0 Å². The Kier molecular flexibility index (Phi) is 3.12. The molecule has 0 atom stereocenters. The maximum Gasteiger partial charge on any atom is 0.0983 e. The lowest BCUT2D eigenvalue weighted by Gasteiger charge is -2.33.